The first-order valence-electron chi connectivity index (χ1n) is 10.1. The SMILES string of the molecule is Cc1cc2nc(NC(=O)N3CCN(c4ncc([C@H](O)CO)cc4F)C[C@@H]3C)sc2cc1F. The second-order valence-corrected chi connectivity index (χ2v) is 8.81. The first-order chi connectivity index (χ1) is 15.3. The maximum atomic E-state index is 14.5. The average molecular weight is 464 g/mol. The molecule has 1 aliphatic heterocycles. The van der Waals surface area contributed by atoms with Crippen LogP contribution in [0.4, 0.5) is 24.5 Å². The number of urea groups is 1. The molecule has 1 fully saturated rings. The van der Waals surface area contributed by atoms with E-state index in [0.717, 1.165) is 6.07 Å². The van der Waals surface area contributed by atoms with Gasteiger partial charge in [0.2, 0.25) is 0 Å². The van der Waals surface area contributed by atoms with Gasteiger partial charge in [0.15, 0.2) is 16.8 Å². The maximum absolute atomic E-state index is 14.5. The Morgan fingerprint density at radius 3 is 2.78 bits per heavy atom. The molecule has 4 rings (SSSR count). The van der Waals surface area contributed by atoms with E-state index in [1.54, 1.807) is 22.8 Å². The summed E-state index contributed by atoms with van der Waals surface area (Å²) in [5.41, 5.74) is 1.31. The van der Waals surface area contributed by atoms with Gasteiger partial charge in [0.25, 0.3) is 0 Å². The number of aryl methyl sites for hydroxylation is 1. The van der Waals surface area contributed by atoms with Gasteiger partial charge < -0.3 is 20.0 Å². The summed E-state index contributed by atoms with van der Waals surface area (Å²) >= 11 is 1.20. The Balaban J connectivity index is 1.43. The van der Waals surface area contributed by atoms with Crippen LogP contribution >= 0.6 is 11.3 Å². The Morgan fingerprint density at radius 1 is 1.31 bits per heavy atom. The van der Waals surface area contributed by atoms with Crippen molar-refractivity contribution in [2.45, 2.75) is 26.0 Å². The van der Waals surface area contributed by atoms with Crippen molar-refractivity contribution in [3.8, 4) is 0 Å². The van der Waals surface area contributed by atoms with Crippen molar-refractivity contribution in [1.82, 2.24) is 14.9 Å². The van der Waals surface area contributed by atoms with E-state index < -0.39 is 18.5 Å². The van der Waals surface area contributed by atoms with Crippen molar-refractivity contribution in [1.29, 1.82) is 0 Å². The summed E-state index contributed by atoms with van der Waals surface area (Å²) in [6.07, 6.45) is 0.147. The van der Waals surface area contributed by atoms with Crippen LogP contribution in [0.5, 0.6) is 0 Å². The molecule has 170 valence electrons. The number of nitrogens with zero attached hydrogens (tertiary/aromatic N) is 4. The summed E-state index contributed by atoms with van der Waals surface area (Å²) in [6, 6.07) is 3.64. The van der Waals surface area contributed by atoms with Crippen molar-refractivity contribution < 1.29 is 23.8 Å². The Labute approximate surface area is 187 Å². The fourth-order valence-electron chi connectivity index (χ4n) is 3.69. The van der Waals surface area contributed by atoms with E-state index in [9.17, 15) is 18.7 Å². The predicted octanol–water partition coefficient (Wildman–Crippen LogP) is 3.05. The Hall–Kier alpha value is -2.89. The minimum Gasteiger partial charge on any atom is -0.393 e. The predicted molar refractivity (Wildman–Crippen MR) is 118 cm³/mol. The van der Waals surface area contributed by atoms with Crippen molar-refractivity contribution in [3.05, 3.63) is 47.2 Å². The Morgan fingerprint density at radius 2 is 2.09 bits per heavy atom. The summed E-state index contributed by atoms with van der Waals surface area (Å²) < 4.78 is 29.0. The number of rotatable bonds is 4. The van der Waals surface area contributed by atoms with E-state index in [4.69, 9.17) is 5.11 Å². The van der Waals surface area contributed by atoms with E-state index in [2.05, 4.69) is 15.3 Å². The molecule has 2 amide bonds. The number of amides is 2. The third kappa shape index (κ3) is 4.36. The van der Waals surface area contributed by atoms with Crippen LogP contribution < -0.4 is 10.2 Å². The molecular formula is C21H23F2N5O3S. The number of hydrogen-bond acceptors (Lipinski definition) is 7. The zero-order chi connectivity index (χ0) is 23.0. The lowest BCUT2D eigenvalue weighted by molar-refractivity contribution is 0.0951. The van der Waals surface area contributed by atoms with Gasteiger partial charge in [0.1, 0.15) is 11.9 Å². The number of aromatic nitrogens is 2. The monoisotopic (exact) mass is 463 g/mol. The molecule has 1 aliphatic rings. The second-order valence-electron chi connectivity index (χ2n) is 7.78. The quantitative estimate of drug-likeness (QED) is 0.550. The summed E-state index contributed by atoms with van der Waals surface area (Å²) in [5, 5.41) is 21.8. The van der Waals surface area contributed by atoms with E-state index in [0.29, 0.717) is 40.5 Å². The fourth-order valence-corrected chi connectivity index (χ4v) is 4.55. The molecule has 8 nitrogen and oxygen atoms in total. The topological polar surface area (TPSA) is 102 Å². The Bertz CT molecular complexity index is 1120. The smallest absolute Gasteiger partial charge is 0.324 e. The number of benzene rings is 1. The van der Waals surface area contributed by atoms with Gasteiger partial charge in [0.05, 0.1) is 16.8 Å². The zero-order valence-corrected chi connectivity index (χ0v) is 18.4. The number of aliphatic hydroxyl groups is 2. The van der Waals surface area contributed by atoms with Gasteiger partial charge in [-0.05, 0) is 37.6 Å². The molecule has 2 atom stereocenters. The van der Waals surface area contributed by atoms with E-state index >= 15 is 0 Å². The van der Waals surface area contributed by atoms with E-state index in [1.807, 2.05) is 6.92 Å². The van der Waals surface area contributed by atoms with Crippen molar-refractivity contribution in [2.75, 3.05) is 36.5 Å². The largest absolute Gasteiger partial charge is 0.393 e. The summed E-state index contributed by atoms with van der Waals surface area (Å²) in [5.74, 6) is -0.782. The highest BCUT2D eigenvalue weighted by molar-refractivity contribution is 7.22. The molecule has 3 aromatic rings. The van der Waals surface area contributed by atoms with Crippen LogP contribution in [0, 0.1) is 18.6 Å². The number of carbonyl (C=O) groups is 1. The number of thiazole rings is 1. The molecule has 0 unspecified atom stereocenters. The highest BCUT2D eigenvalue weighted by atomic mass is 32.1. The minimum atomic E-state index is -1.19. The minimum absolute atomic E-state index is 0.134. The third-order valence-electron chi connectivity index (χ3n) is 5.47. The van der Waals surface area contributed by atoms with Crippen LogP contribution in [0.1, 0.15) is 24.2 Å². The molecule has 0 aliphatic carbocycles. The molecule has 0 radical (unpaired) electrons. The first-order valence-corrected chi connectivity index (χ1v) is 10.9. The molecule has 1 saturated heterocycles. The lowest BCUT2D eigenvalue weighted by Crippen LogP contribution is -2.55. The number of aliphatic hydroxyl groups excluding tert-OH is 2. The average Bonchev–Trinajstić information content (AvgIpc) is 3.13. The van der Waals surface area contributed by atoms with E-state index in [-0.39, 0.29) is 29.3 Å². The molecule has 0 spiro atoms. The van der Waals surface area contributed by atoms with Crippen molar-refractivity contribution >= 4 is 38.5 Å². The van der Waals surface area contributed by atoms with Crippen LogP contribution in [-0.2, 0) is 0 Å². The molecule has 32 heavy (non-hydrogen) atoms. The maximum Gasteiger partial charge on any atom is 0.324 e. The van der Waals surface area contributed by atoms with Gasteiger partial charge in [-0.2, -0.15) is 0 Å². The second kappa shape index (κ2) is 8.93. The number of pyridine rings is 1. The van der Waals surface area contributed by atoms with Gasteiger partial charge in [-0.25, -0.2) is 23.5 Å². The lowest BCUT2D eigenvalue weighted by atomic mass is 10.1. The number of carbonyl (C=O) groups excluding carboxylic acids is 1. The van der Waals surface area contributed by atoms with Crippen LogP contribution in [-0.4, -0.2) is 63.4 Å². The number of anilines is 2. The number of halogens is 2. The van der Waals surface area contributed by atoms with Gasteiger partial charge in [-0.1, -0.05) is 11.3 Å². The van der Waals surface area contributed by atoms with Crippen molar-refractivity contribution in [2.24, 2.45) is 0 Å². The molecule has 3 heterocycles. The summed E-state index contributed by atoms with van der Waals surface area (Å²) in [6.45, 7) is 4.07. The van der Waals surface area contributed by atoms with Crippen LogP contribution in [0.2, 0.25) is 0 Å². The molecule has 0 saturated carbocycles. The number of piperazine rings is 1. The zero-order valence-electron chi connectivity index (χ0n) is 17.5. The molecule has 1 aromatic carbocycles. The van der Waals surface area contributed by atoms with Crippen LogP contribution in [0.25, 0.3) is 10.2 Å². The molecule has 0 bridgehead atoms. The third-order valence-corrected chi connectivity index (χ3v) is 6.40. The fraction of sp³-hybridized carbons (Fsp3) is 0.381. The number of fused-ring (bicyclic) bond motifs is 1. The summed E-state index contributed by atoms with van der Waals surface area (Å²) in [4.78, 5) is 24.6. The number of nitrogens with one attached hydrogen (secondary N) is 1. The highest BCUT2D eigenvalue weighted by Gasteiger charge is 2.30. The van der Waals surface area contributed by atoms with Crippen LogP contribution in [0.15, 0.2) is 24.4 Å². The van der Waals surface area contributed by atoms with E-state index in [1.165, 1.54) is 23.6 Å². The van der Waals surface area contributed by atoms with Gasteiger partial charge in [-0.3, -0.25) is 5.32 Å². The molecule has 2 aromatic heterocycles. The molecule has 3 N–H and O–H groups in total. The molecular weight excluding hydrogens is 440 g/mol. The first kappa shape index (κ1) is 22.3. The molecule has 11 heteroatoms. The normalized spacial score (nSPS) is 17.6. The standard InChI is InChI=1S/C21H23F2N5O3S/c1-11-5-16-18(7-14(11)22)32-20(25-16)26-21(31)28-4-3-27(9-12(28)2)19-15(23)6-13(8-24-19)17(30)10-29/h5-8,12,17,29-30H,3-4,9-10H2,1-2H3,(H,25,26,31)/t12-,17+/m0/s1. The van der Waals surface area contributed by atoms with Crippen LogP contribution in [0.3, 0.4) is 0 Å². The van der Waals surface area contributed by atoms with Gasteiger partial charge in [-0.15, -0.1) is 0 Å². The van der Waals surface area contributed by atoms with Crippen molar-refractivity contribution in [3.63, 3.8) is 0 Å². The Kier molecular flexibility index (Phi) is 6.22. The summed E-state index contributed by atoms with van der Waals surface area (Å²) in [7, 11) is 0. The lowest BCUT2D eigenvalue weighted by Gasteiger charge is -2.40. The van der Waals surface area contributed by atoms with Gasteiger partial charge in [0, 0.05) is 37.4 Å². The van der Waals surface area contributed by atoms with Gasteiger partial charge >= 0.3 is 6.03 Å². The number of hydrogen-bond donors (Lipinski definition) is 3. The highest BCUT2D eigenvalue weighted by Crippen LogP contribution is 2.29.